The van der Waals surface area contributed by atoms with Gasteiger partial charge in [-0.1, -0.05) is 0 Å². The maximum absolute atomic E-state index is 11.6. The summed E-state index contributed by atoms with van der Waals surface area (Å²) >= 11 is 0. The highest BCUT2D eigenvalue weighted by molar-refractivity contribution is 5.61. The molecule has 1 aliphatic rings. The molecule has 1 saturated heterocycles. The molecule has 2 atom stereocenters. The molecule has 0 aliphatic carbocycles. The highest BCUT2D eigenvalue weighted by Crippen LogP contribution is 2.27. The second kappa shape index (κ2) is 5.39. The van der Waals surface area contributed by atoms with Crippen molar-refractivity contribution in [3.05, 3.63) is 16.7 Å². The zero-order valence-corrected chi connectivity index (χ0v) is 10.9. The van der Waals surface area contributed by atoms with Crippen LogP contribution in [0.25, 0.3) is 0 Å². The van der Waals surface area contributed by atoms with Gasteiger partial charge < -0.3 is 20.9 Å². The Morgan fingerprint density at radius 1 is 1.61 bits per heavy atom. The van der Waals surface area contributed by atoms with Crippen LogP contribution in [0.15, 0.2) is 11.1 Å². The predicted octanol–water partition coefficient (Wildman–Crippen LogP) is 0.319. The first-order chi connectivity index (χ1) is 8.65. The van der Waals surface area contributed by atoms with Crippen LogP contribution < -0.4 is 21.5 Å². The van der Waals surface area contributed by atoms with Gasteiger partial charge in [-0.2, -0.15) is 0 Å². The quantitative estimate of drug-likeness (QED) is 0.720. The molecule has 4 N–H and O–H groups in total. The topological polar surface area (TPSA) is 87.0 Å². The van der Waals surface area contributed by atoms with E-state index in [4.69, 9.17) is 5.73 Å². The summed E-state index contributed by atoms with van der Waals surface area (Å²) < 4.78 is 0. The lowest BCUT2D eigenvalue weighted by molar-refractivity contribution is 0.380. The second-order valence-electron chi connectivity index (χ2n) is 4.80. The van der Waals surface area contributed by atoms with Crippen LogP contribution in [0.4, 0.5) is 11.5 Å². The number of nitrogens with one attached hydrogen (secondary N) is 2. The third kappa shape index (κ3) is 2.33. The Morgan fingerprint density at radius 2 is 2.39 bits per heavy atom. The molecule has 100 valence electrons. The maximum Gasteiger partial charge on any atom is 0.276 e. The summed E-state index contributed by atoms with van der Waals surface area (Å²) in [4.78, 5) is 20.5. The van der Waals surface area contributed by atoms with E-state index in [-0.39, 0.29) is 11.2 Å². The van der Waals surface area contributed by atoms with Gasteiger partial charge in [0.15, 0.2) is 5.82 Å². The van der Waals surface area contributed by atoms with Crippen molar-refractivity contribution in [2.75, 3.05) is 24.2 Å². The van der Waals surface area contributed by atoms with Gasteiger partial charge in [0.25, 0.3) is 5.56 Å². The van der Waals surface area contributed by atoms with Crippen molar-refractivity contribution in [3.63, 3.8) is 0 Å². The fraction of sp³-hybridized carbons (Fsp3) is 0.667. The molecule has 2 unspecified atom stereocenters. The van der Waals surface area contributed by atoms with Gasteiger partial charge in [0.2, 0.25) is 0 Å². The molecule has 2 rings (SSSR count). The van der Waals surface area contributed by atoms with Crippen molar-refractivity contribution in [2.45, 2.75) is 38.3 Å². The van der Waals surface area contributed by atoms with Gasteiger partial charge in [0.05, 0.1) is 6.33 Å². The van der Waals surface area contributed by atoms with Gasteiger partial charge in [-0.3, -0.25) is 4.79 Å². The third-order valence-electron chi connectivity index (χ3n) is 3.72. The Balaban J connectivity index is 2.34. The monoisotopic (exact) mass is 251 g/mol. The van der Waals surface area contributed by atoms with Gasteiger partial charge in [0.1, 0.15) is 5.69 Å². The average molecular weight is 251 g/mol. The van der Waals surface area contributed by atoms with E-state index in [1.807, 2.05) is 7.05 Å². The summed E-state index contributed by atoms with van der Waals surface area (Å²) in [6.07, 6.45) is 4.83. The van der Waals surface area contributed by atoms with E-state index >= 15 is 0 Å². The van der Waals surface area contributed by atoms with Crippen molar-refractivity contribution >= 4 is 11.5 Å². The average Bonchev–Trinajstić information content (AvgIpc) is 2.41. The van der Waals surface area contributed by atoms with Crippen molar-refractivity contribution < 1.29 is 0 Å². The first kappa shape index (κ1) is 12.9. The molecule has 0 amide bonds. The zero-order chi connectivity index (χ0) is 13.1. The van der Waals surface area contributed by atoms with Crippen LogP contribution in [0, 0.1) is 0 Å². The standard InChI is InChI=1S/C12H21N5O/c1-8(14-2)9-5-3-4-6-17(9)11-10(13)12(18)16-7-15-11/h7-9,14H,3-6,13H2,1-2H3,(H,15,16,18). The number of rotatable bonds is 3. The van der Waals surface area contributed by atoms with Crippen LogP contribution in [0.5, 0.6) is 0 Å². The van der Waals surface area contributed by atoms with Gasteiger partial charge in [0, 0.05) is 18.6 Å². The summed E-state index contributed by atoms with van der Waals surface area (Å²) in [5, 5.41) is 3.27. The number of H-pyrrole nitrogens is 1. The van der Waals surface area contributed by atoms with Gasteiger partial charge in [-0.05, 0) is 33.2 Å². The number of nitrogen functional groups attached to an aromatic ring is 1. The molecule has 18 heavy (non-hydrogen) atoms. The van der Waals surface area contributed by atoms with E-state index in [9.17, 15) is 4.79 Å². The summed E-state index contributed by atoms with van der Waals surface area (Å²) in [6.45, 7) is 3.05. The van der Waals surface area contributed by atoms with Crippen molar-refractivity contribution in [1.29, 1.82) is 0 Å². The van der Waals surface area contributed by atoms with E-state index < -0.39 is 0 Å². The lowest BCUT2D eigenvalue weighted by atomic mass is 9.96. The Bertz CT molecular complexity index is 458. The number of nitrogens with two attached hydrogens (primary N) is 1. The highest BCUT2D eigenvalue weighted by atomic mass is 16.1. The minimum atomic E-state index is -0.263. The Labute approximate surface area is 107 Å². The summed E-state index contributed by atoms with van der Waals surface area (Å²) in [7, 11) is 1.95. The largest absolute Gasteiger partial charge is 0.391 e. The molecule has 6 nitrogen and oxygen atoms in total. The minimum Gasteiger partial charge on any atom is -0.391 e. The summed E-state index contributed by atoms with van der Waals surface area (Å²) in [6, 6.07) is 0.672. The van der Waals surface area contributed by atoms with E-state index in [1.54, 1.807) is 0 Å². The lowest BCUT2D eigenvalue weighted by Crippen LogP contribution is -2.51. The second-order valence-corrected chi connectivity index (χ2v) is 4.80. The van der Waals surface area contributed by atoms with Gasteiger partial charge in [-0.15, -0.1) is 0 Å². The number of nitrogens with zero attached hydrogens (tertiary/aromatic N) is 2. The van der Waals surface area contributed by atoms with Crippen molar-refractivity contribution in [1.82, 2.24) is 15.3 Å². The molecule has 0 aromatic carbocycles. The van der Waals surface area contributed by atoms with E-state index in [2.05, 4.69) is 27.1 Å². The van der Waals surface area contributed by atoms with Crippen molar-refractivity contribution in [3.8, 4) is 0 Å². The number of anilines is 2. The number of likely N-dealkylation sites (N-methyl/N-ethyl adjacent to an activating group) is 1. The van der Waals surface area contributed by atoms with Crippen molar-refractivity contribution in [2.24, 2.45) is 0 Å². The fourth-order valence-corrected chi connectivity index (χ4v) is 2.56. The van der Waals surface area contributed by atoms with Crippen LogP contribution in [-0.2, 0) is 0 Å². The Kier molecular flexibility index (Phi) is 3.86. The van der Waals surface area contributed by atoms with E-state index in [0.717, 1.165) is 19.4 Å². The van der Waals surface area contributed by atoms with Crippen LogP contribution in [0.2, 0.25) is 0 Å². The molecule has 1 aliphatic heterocycles. The third-order valence-corrected chi connectivity index (χ3v) is 3.72. The highest BCUT2D eigenvalue weighted by Gasteiger charge is 2.29. The maximum atomic E-state index is 11.6. The first-order valence-electron chi connectivity index (χ1n) is 6.42. The predicted molar refractivity (Wildman–Crippen MR) is 72.8 cm³/mol. The van der Waals surface area contributed by atoms with Crippen LogP contribution in [-0.4, -0.2) is 35.6 Å². The first-order valence-corrected chi connectivity index (χ1v) is 6.42. The summed E-state index contributed by atoms with van der Waals surface area (Å²) in [5.74, 6) is 0.616. The zero-order valence-electron chi connectivity index (χ0n) is 10.9. The SMILES string of the molecule is CNC(C)C1CCCCN1c1nc[nH]c(=O)c1N. The van der Waals surface area contributed by atoms with E-state index in [1.165, 1.54) is 12.7 Å². The Hall–Kier alpha value is -1.56. The lowest BCUT2D eigenvalue weighted by Gasteiger charge is -2.40. The molecule has 1 aromatic heterocycles. The molecule has 1 aromatic rings. The van der Waals surface area contributed by atoms with Crippen LogP contribution >= 0.6 is 0 Å². The molecule has 6 heteroatoms. The molecule has 2 heterocycles. The molecule has 0 saturated carbocycles. The number of hydrogen-bond acceptors (Lipinski definition) is 5. The van der Waals surface area contributed by atoms with Gasteiger partial charge >= 0.3 is 0 Å². The van der Waals surface area contributed by atoms with Crippen LogP contribution in [0.3, 0.4) is 0 Å². The number of hydrogen-bond donors (Lipinski definition) is 3. The normalized spacial score (nSPS) is 21.9. The molecular formula is C12H21N5O. The molecular weight excluding hydrogens is 230 g/mol. The minimum absolute atomic E-state index is 0.215. The number of piperidine rings is 1. The molecule has 1 fully saturated rings. The smallest absolute Gasteiger partial charge is 0.276 e. The van der Waals surface area contributed by atoms with Crippen LogP contribution in [0.1, 0.15) is 26.2 Å². The molecule has 0 bridgehead atoms. The Morgan fingerprint density at radius 3 is 3.11 bits per heavy atom. The van der Waals surface area contributed by atoms with Gasteiger partial charge in [-0.25, -0.2) is 4.98 Å². The number of aromatic nitrogens is 2. The molecule has 0 radical (unpaired) electrons. The number of aromatic amines is 1. The molecule has 0 spiro atoms. The fourth-order valence-electron chi connectivity index (χ4n) is 2.56. The summed E-state index contributed by atoms with van der Waals surface area (Å²) in [5.41, 5.74) is 5.80. The van der Waals surface area contributed by atoms with E-state index in [0.29, 0.717) is 17.9 Å².